The number of thioether (sulfide) groups is 1. The summed E-state index contributed by atoms with van der Waals surface area (Å²) in [5.41, 5.74) is 0. The van der Waals surface area contributed by atoms with Crippen molar-refractivity contribution in [2.45, 2.75) is 75.5 Å². The van der Waals surface area contributed by atoms with Crippen molar-refractivity contribution in [1.29, 1.82) is 0 Å². The average molecular weight is 520 g/mol. The molecule has 3 fully saturated rings. The molecule has 0 radical (unpaired) electrons. The van der Waals surface area contributed by atoms with E-state index in [9.17, 15) is 19.5 Å². The van der Waals surface area contributed by atoms with Gasteiger partial charge in [-0.2, -0.15) is 0 Å². The lowest BCUT2D eigenvalue weighted by Gasteiger charge is -2.42. The largest absolute Gasteiger partial charge is 0.394 e. The lowest BCUT2D eigenvalue weighted by Crippen LogP contribution is -2.59. The number of fused-ring (bicyclic) bond motifs is 1. The van der Waals surface area contributed by atoms with Gasteiger partial charge >= 0.3 is 0 Å². The summed E-state index contributed by atoms with van der Waals surface area (Å²) in [6.45, 7) is 17.2. The maximum atomic E-state index is 14.4. The summed E-state index contributed by atoms with van der Waals surface area (Å²) in [7, 11) is 1.75. The number of rotatable bonds is 13. The molecule has 0 saturated carbocycles. The van der Waals surface area contributed by atoms with E-state index in [1.54, 1.807) is 40.8 Å². The molecule has 3 aliphatic rings. The van der Waals surface area contributed by atoms with Crippen LogP contribution in [-0.4, -0.2) is 92.9 Å². The minimum atomic E-state index is -0.699. The van der Waals surface area contributed by atoms with Crippen LogP contribution in [0.3, 0.4) is 0 Å². The van der Waals surface area contributed by atoms with Gasteiger partial charge < -0.3 is 19.8 Å². The van der Waals surface area contributed by atoms with Gasteiger partial charge in [-0.3, -0.25) is 14.4 Å². The monoisotopic (exact) mass is 519 g/mol. The lowest BCUT2D eigenvalue weighted by molar-refractivity contribution is -0.147. The Morgan fingerprint density at radius 3 is 2.47 bits per heavy atom. The number of carbonyl (C=O) groups is 3. The summed E-state index contributed by atoms with van der Waals surface area (Å²) in [4.78, 5) is 47.5. The molecule has 3 amide bonds. The van der Waals surface area contributed by atoms with E-state index >= 15 is 0 Å². The summed E-state index contributed by atoms with van der Waals surface area (Å²) in [5, 5.41) is 10.4. The first-order valence-electron chi connectivity index (χ1n) is 13.5. The van der Waals surface area contributed by atoms with Crippen LogP contribution < -0.4 is 0 Å². The molecule has 0 aromatic heterocycles. The Hall–Kier alpha value is -1.80. The summed E-state index contributed by atoms with van der Waals surface area (Å²) in [6, 6.07) is -1.16. The topological polar surface area (TPSA) is 81.2 Å². The molecule has 7 nitrogen and oxygen atoms in total. The zero-order chi connectivity index (χ0) is 26.8. The molecular formula is C28H45N3O4S. The van der Waals surface area contributed by atoms with Crippen molar-refractivity contribution in [2.75, 3.05) is 33.3 Å². The average Bonchev–Trinajstić information content (AvgIpc) is 3.43. The number of likely N-dealkylation sites (tertiary alicyclic amines) is 1. The van der Waals surface area contributed by atoms with Crippen molar-refractivity contribution in [3.8, 4) is 0 Å². The highest BCUT2D eigenvalue weighted by atomic mass is 32.2. The fourth-order valence-corrected chi connectivity index (χ4v) is 9.14. The molecule has 3 saturated heterocycles. The van der Waals surface area contributed by atoms with Gasteiger partial charge in [-0.15, -0.1) is 24.9 Å². The maximum absolute atomic E-state index is 14.4. The Balaban J connectivity index is 2.13. The summed E-state index contributed by atoms with van der Waals surface area (Å²) in [5.74, 6) is -0.961. The smallest absolute Gasteiger partial charge is 0.247 e. The molecule has 0 aromatic carbocycles. The van der Waals surface area contributed by atoms with Crippen molar-refractivity contribution in [2.24, 2.45) is 23.7 Å². The number of amides is 3. The number of aliphatic hydroxyl groups excluding tert-OH is 1. The highest BCUT2D eigenvalue weighted by Gasteiger charge is 2.76. The predicted octanol–water partition coefficient (Wildman–Crippen LogP) is 3.19. The minimum Gasteiger partial charge on any atom is -0.394 e. The molecule has 1 spiro atoms. The molecule has 0 aliphatic carbocycles. The van der Waals surface area contributed by atoms with Crippen LogP contribution in [0.4, 0.5) is 0 Å². The number of nitrogens with zero attached hydrogens (tertiary/aromatic N) is 3. The van der Waals surface area contributed by atoms with E-state index in [1.165, 1.54) is 0 Å². The van der Waals surface area contributed by atoms with Crippen molar-refractivity contribution in [3.05, 3.63) is 25.3 Å². The number of unbranched alkanes of at least 4 members (excludes halogenated alkanes) is 1. The molecule has 36 heavy (non-hydrogen) atoms. The molecule has 0 aromatic rings. The first-order valence-corrected chi connectivity index (χ1v) is 14.3. The SMILES string of the molecule is C=CCN(C)C(=O)[C@@H]1[C@H]2C(=O)N([C@@H](CO)CC(C)C)C(C(=O)N(CC=C)CCCC)C23S[C@@H]1CC3C. The molecule has 2 bridgehead atoms. The van der Waals surface area contributed by atoms with E-state index in [2.05, 4.69) is 40.9 Å². The maximum Gasteiger partial charge on any atom is 0.247 e. The fraction of sp³-hybridized carbons (Fsp3) is 0.750. The van der Waals surface area contributed by atoms with E-state index in [-0.39, 0.29) is 41.4 Å². The molecular weight excluding hydrogens is 474 g/mol. The van der Waals surface area contributed by atoms with Gasteiger partial charge in [0.25, 0.3) is 0 Å². The third kappa shape index (κ3) is 4.75. The third-order valence-corrected chi connectivity index (χ3v) is 10.3. The summed E-state index contributed by atoms with van der Waals surface area (Å²) < 4.78 is -0.676. The van der Waals surface area contributed by atoms with Crippen molar-refractivity contribution in [3.63, 3.8) is 0 Å². The van der Waals surface area contributed by atoms with E-state index in [0.717, 1.165) is 19.3 Å². The predicted molar refractivity (Wildman–Crippen MR) is 145 cm³/mol. The van der Waals surface area contributed by atoms with Crippen LogP contribution in [0.2, 0.25) is 0 Å². The molecule has 7 atom stereocenters. The van der Waals surface area contributed by atoms with Gasteiger partial charge in [-0.05, 0) is 31.1 Å². The number of carbonyl (C=O) groups excluding carboxylic acids is 3. The first kappa shape index (κ1) is 28.8. The Bertz CT molecular complexity index is 864. The zero-order valence-corrected chi connectivity index (χ0v) is 23.5. The Labute approximate surface area is 221 Å². The van der Waals surface area contributed by atoms with Gasteiger partial charge in [0, 0.05) is 31.9 Å². The molecule has 1 N–H and O–H groups in total. The van der Waals surface area contributed by atoms with Crippen molar-refractivity contribution < 1.29 is 19.5 Å². The second-order valence-corrected chi connectivity index (χ2v) is 12.7. The second-order valence-electron chi connectivity index (χ2n) is 11.2. The van der Waals surface area contributed by atoms with E-state index < -0.39 is 28.7 Å². The van der Waals surface area contributed by atoms with Crippen LogP contribution in [-0.2, 0) is 14.4 Å². The fourth-order valence-electron chi connectivity index (χ4n) is 6.74. The highest BCUT2D eigenvalue weighted by Crippen LogP contribution is 2.69. The van der Waals surface area contributed by atoms with Gasteiger partial charge in [0.05, 0.1) is 29.2 Å². The van der Waals surface area contributed by atoms with Crippen LogP contribution in [0.25, 0.3) is 0 Å². The highest BCUT2D eigenvalue weighted by molar-refractivity contribution is 8.02. The molecule has 3 unspecified atom stereocenters. The van der Waals surface area contributed by atoms with E-state index in [0.29, 0.717) is 26.1 Å². The Morgan fingerprint density at radius 1 is 1.25 bits per heavy atom. The van der Waals surface area contributed by atoms with Gasteiger partial charge in [0.1, 0.15) is 6.04 Å². The molecule has 202 valence electrons. The van der Waals surface area contributed by atoms with Gasteiger partial charge in [-0.25, -0.2) is 0 Å². The molecule has 3 rings (SSSR count). The van der Waals surface area contributed by atoms with Crippen LogP contribution >= 0.6 is 11.8 Å². The normalized spacial score (nSPS) is 31.5. The zero-order valence-electron chi connectivity index (χ0n) is 22.7. The van der Waals surface area contributed by atoms with Crippen LogP contribution in [0, 0.1) is 23.7 Å². The van der Waals surface area contributed by atoms with Crippen LogP contribution in [0.1, 0.15) is 53.4 Å². The van der Waals surface area contributed by atoms with Crippen LogP contribution in [0.15, 0.2) is 25.3 Å². The van der Waals surface area contributed by atoms with Crippen LogP contribution in [0.5, 0.6) is 0 Å². The molecule has 3 aliphatic heterocycles. The van der Waals surface area contributed by atoms with Crippen molar-refractivity contribution >= 4 is 29.5 Å². The number of hydrogen-bond donors (Lipinski definition) is 1. The van der Waals surface area contributed by atoms with E-state index in [1.807, 2.05) is 4.90 Å². The van der Waals surface area contributed by atoms with Gasteiger partial charge in [0.2, 0.25) is 17.7 Å². The Kier molecular flexibility index (Phi) is 9.36. The molecule has 8 heteroatoms. The Morgan fingerprint density at radius 2 is 1.92 bits per heavy atom. The minimum absolute atomic E-state index is 0.00679. The van der Waals surface area contributed by atoms with Gasteiger partial charge in [-0.1, -0.05) is 46.3 Å². The quantitative estimate of drug-likeness (QED) is 0.378. The molecule has 3 heterocycles. The lowest BCUT2D eigenvalue weighted by atomic mass is 9.65. The second kappa shape index (κ2) is 11.7. The number of aliphatic hydroxyl groups is 1. The summed E-state index contributed by atoms with van der Waals surface area (Å²) >= 11 is 1.69. The summed E-state index contributed by atoms with van der Waals surface area (Å²) in [6.07, 6.45) is 6.65. The standard InChI is InChI=1S/C28H45N3O4S/c1-8-11-14-30(13-10-3)27(35)24-28-19(6)16-21(36-28)22(25(33)29(7)12-9-2)23(28)26(34)31(24)20(17-32)15-18(4)5/h9-10,18-24,32H,2-3,8,11-17H2,1,4-7H3/t19?,20-,21-,22+,23+,24?,28?/m1/s1. The van der Waals surface area contributed by atoms with E-state index in [4.69, 9.17) is 0 Å². The van der Waals surface area contributed by atoms with Gasteiger partial charge in [0.15, 0.2) is 0 Å². The van der Waals surface area contributed by atoms with Crippen molar-refractivity contribution in [1.82, 2.24) is 14.7 Å². The third-order valence-electron chi connectivity index (χ3n) is 8.27. The number of hydrogen-bond acceptors (Lipinski definition) is 5. The number of likely N-dealkylation sites (N-methyl/N-ethyl adjacent to an activating group) is 1. The first-order chi connectivity index (χ1) is 17.1.